The molecule has 88 valence electrons. The van der Waals surface area contributed by atoms with E-state index in [1.807, 2.05) is 0 Å². The van der Waals surface area contributed by atoms with Crippen LogP contribution in [-0.2, 0) is 9.84 Å². The molecule has 0 aliphatic heterocycles. The molecule has 1 aromatic carbocycles. The van der Waals surface area contributed by atoms with Crippen LogP contribution in [0.1, 0.15) is 10.4 Å². The fourth-order valence-corrected chi connectivity index (χ4v) is 1.60. The Morgan fingerprint density at radius 1 is 1.44 bits per heavy atom. The summed E-state index contributed by atoms with van der Waals surface area (Å²) in [6.45, 7) is 0.104. The second-order valence-electron chi connectivity index (χ2n) is 3.51. The molecule has 0 aromatic heterocycles. The Hall–Kier alpha value is -1.56. The fraction of sp³-hybridized carbons (Fsp3) is 0.300. The van der Waals surface area contributed by atoms with Crippen LogP contribution in [0.3, 0.4) is 0 Å². The topological polar surface area (TPSA) is 89.3 Å². The number of nitrogens with two attached hydrogens (primary N) is 1. The maximum atomic E-state index is 11.5. The van der Waals surface area contributed by atoms with Crippen LogP contribution in [0.15, 0.2) is 24.3 Å². The third-order valence-corrected chi connectivity index (χ3v) is 2.85. The number of sulfone groups is 1. The summed E-state index contributed by atoms with van der Waals surface area (Å²) < 4.78 is 21.7. The molecule has 1 rings (SSSR count). The second kappa shape index (κ2) is 4.98. The predicted molar refractivity (Wildman–Crippen MR) is 62.9 cm³/mol. The molecule has 1 amide bonds. The average Bonchev–Trinajstić information content (AvgIpc) is 2.15. The summed E-state index contributed by atoms with van der Waals surface area (Å²) in [4.78, 5) is 11.5. The van der Waals surface area contributed by atoms with E-state index in [9.17, 15) is 13.2 Å². The molecule has 5 nitrogen and oxygen atoms in total. The van der Waals surface area contributed by atoms with Crippen molar-refractivity contribution < 1.29 is 13.2 Å². The van der Waals surface area contributed by atoms with E-state index >= 15 is 0 Å². The summed E-state index contributed by atoms with van der Waals surface area (Å²) in [5.41, 5.74) is 6.44. The smallest absolute Gasteiger partial charge is 0.251 e. The van der Waals surface area contributed by atoms with Crippen molar-refractivity contribution >= 4 is 21.4 Å². The maximum Gasteiger partial charge on any atom is 0.251 e. The van der Waals surface area contributed by atoms with E-state index in [0.29, 0.717) is 11.3 Å². The Labute approximate surface area is 94.6 Å². The van der Waals surface area contributed by atoms with E-state index in [1.54, 1.807) is 18.2 Å². The number of hydrogen-bond donors (Lipinski definition) is 2. The second-order valence-corrected chi connectivity index (χ2v) is 5.77. The van der Waals surface area contributed by atoms with Crippen molar-refractivity contribution in [1.29, 1.82) is 0 Å². The molecule has 0 fully saturated rings. The number of rotatable bonds is 4. The van der Waals surface area contributed by atoms with Crippen LogP contribution >= 0.6 is 0 Å². The summed E-state index contributed by atoms with van der Waals surface area (Å²) in [6.07, 6.45) is 1.12. The van der Waals surface area contributed by atoms with E-state index in [4.69, 9.17) is 5.73 Å². The van der Waals surface area contributed by atoms with Crippen LogP contribution in [0.25, 0.3) is 0 Å². The van der Waals surface area contributed by atoms with Gasteiger partial charge in [0.2, 0.25) is 0 Å². The fourth-order valence-electron chi connectivity index (χ4n) is 1.13. The third kappa shape index (κ3) is 4.31. The number of carbonyl (C=O) groups excluding carboxylic acids is 1. The van der Waals surface area contributed by atoms with Gasteiger partial charge in [0.15, 0.2) is 0 Å². The summed E-state index contributed by atoms with van der Waals surface area (Å²) in [5, 5.41) is 2.51. The molecular weight excluding hydrogens is 228 g/mol. The van der Waals surface area contributed by atoms with Crippen molar-refractivity contribution in [1.82, 2.24) is 5.32 Å². The summed E-state index contributed by atoms with van der Waals surface area (Å²) in [6, 6.07) is 6.50. The highest BCUT2D eigenvalue weighted by atomic mass is 32.2. The van der Waals surface area contributed by atoms with Gasteiger partial charge >= 0.3 is 0 Å². The van der Waals surface area contributed by atoms with Crippen molar-refractivity contribution in [2.75, 3.05) is 24.3 Å². The van der Waals surface area contributed by atoms with Gasteiger partial charge in [0.25, 0.3) is 5.91 Å². The van der Waals surface area contributed by atoms with E-state index in [0.717, 1.165) is 6.26 Å². The van der Waals surface area contributed by atoms with Gasteiger partial charge in [-0.25, -0.2) is 8.42 Å². The lowest BCUT2D eigenvalue weighted by Crippen LogP contribution is -2.28. The highest BCUT2D eigenvalue weighted by molar-refractivity contribution is 7.90. The summed E-state index contributed by atoms with van der Waals surface area (Å²) in [5.74, 6) is -0.392. The first-order valence-corrected chi connectivity index (χ1v) is 6.76. The minimum absolute atomic E-state index is 0.0684. The van der Waals surface area contributed by atoms with Crippen LogP contribution in [0.2, 0.25) is 0 Å². The Balaban J connectivity index is 2.54. The van der Waals surface area contributed by atoms with E-state index in [-0.39, 0.29) is 18.2 Å². The van der Waals surface area contributed by atoms with Gasteiger partial charge in [-0.15, -0.1) is 0 Å². The Bertz CT molecular complexity index is 483. The summed E-state index contributed by atoms with van der Waals surface area (Å²) in [7, 11) is -3.05. The van der Waals surface area contributed by atoms with E-state index in [2.05, 4.69) is 5.32 Å². The van der Waals surface area contributed by atoms with Crippen LogP contribution in [0, 0.1) is 0 Å². The van der Waals surface area contributed by atoms with Gasteiger partial charge in [0, 0.05) is 24.1 Å². The average molecular weight is 242 g/mol. The van der Waals surface area contributed by atoms with Gasteiger partial charge in [-0.3, -0.25) is 4.79 Å². The molecule has 0 spiro atoms. The van der Waals surface area contributed by atoms with Gasteiger partial charge in [0.1, 0.15) is 9.84 Å². The summed E-state index contributed by atoms with van der Waals surface area (Å²) >= 11 is 0. The first-order valence-electron chi connectivity index (χ1n) is 4.70. The quantitative estimate of drug-likeness (QED) is 0.730. The number of hydrogen-bond acceptors (Lipinski definition) is 4. The molecule has 0 radical (unpaired) electrons. The largest absolute Gasteiger partial charge is 0.399 e. The standard InChI is InChI=1S/C10H14N2O3S/c1-16(14,15)6-5-12-10(13)8-3-2-4-9(11)7-8/h2-4,7H,5-6,11H2,1H3,(H,12,13). The van der Waals surface area contributed by atoms with Crippen molar-refractivity contribution in [2.24, 2.45) is 0 Å². The van der Waals surface area contributed by atoms with Crippen LogP contribution < -0.4 is 11.1 Å². The van der Waals surface area contributed by atoms with Gasteiger partial charge in [-0.2, -0.15) is 0 Å². The number of carbonyl (C=O) groups is 1. The van der Waals surface area contributed by atoms with Gasteiger partial charge in [0.05, 0.1) is 5.75 Å². The Morgan fingerprint density at radius 3 is 2.69 bits per heavy atom. The molecule has 3 N–H and O–H groups in total. The zero-order valence-electron chi connectivity index (χ0n) is 8.93. The maximum absolute atomic E-state index is 11.5. The first-order chi connectivity index (χ1) is 7.38. The SMILES string of the molecule is CS(=O)(=O)CCNC(=O)c1cccc(N)c1. The Morgan fingerprint density at radius 2 is 2.12 bits per heavy atom. The lowest BCUT2D eigenvalue weighted by molar-refractivity contribution is 0.0956. The molecule has 0 saturated carbocycles. The van der Waals surface area contributed by atoms with Crippen molar-refractivity contribution in [2.45, 2.75) is 0 Å². The van der Waals surface area contributed by atoms with E-state index in [1.165, 1.54) is 6.07 Å². The lowest BCUT2D eigenvalue weighted by atomic mass is 10.2. The molecule has 0 bridgehead atoms. The molecule has 6 heteroatoms. The molecule has 1 aromatic rings. The van der Waals surface area contributed by atoms with Gasteiger partial charge in [-0.1, -0.05) is 6.07 Å². The number of amides is 1. The first kappa shape index (κ1) is 12.5. The van der Waals surface area contributed by atoms with Crippen LogP contribution in [0.5, 0.6) is 0 Å². The normalized spacial score (nSPS) is 11.1. The number of anilines is 1. The van der Waals surface area contributed by atoms with Crippen molar-refractivity contribution in [3.05, 3.63) is 29.8 Å². The van der Waals surface area contributed by atoms with Crippen LogP contribution in [0.4, 0.5) is 5.69 Å². The monoisotopic (exact) mass is 242 g/mol. The molecule has 0 unspecified atom stereocenters. The van der Waals surface area contributed by atoms with Gasteiger partial charge in [-0.05, 0) is 18.2 Å². The predicted octanol–water partition coefficient (Wildman–Crippen LogP) is 0.0432. The Kier molecular flexibility index (Phi) is 3.89. The molecule has 16 heavy (non-hydrogen) atoms. The minimum atomic E-state index is -3.05. The van der Waals surface area contributed by atoms with E-state index < -0.39 is 9.84 Å². The van der Waals surface area contributed by atoms with Crippen molar-refractivity contribution in [3.8, 4) is 0 Å². The molecule has 0 saturated heterocycles. The molecule has 0 aliphatic rings. The molecule has 0 heterocycles. The van der Waals surface area contributed by atoms with Gasteiger partial charge < -0.3 is 11.1 Å². The molecule has 0 aliphatic carbocycles. The lowest BCUT2D eigenvalue weighted by Gasteiger charge is -2.04. The number of nitrogen functional groups attached to an aromatic ring is 1. The third-order valence-electron chi connectivity index (χ3n) is 1.91. The zero-order chi connectivity index (χ0) is 12.2. The molecule has 0 atom stereocenters. The number of nitrogens with one attached hydrogen (secondary N) is 1. The number of benzene rings is 1. The highest BCUT2D eigenvalue weighted by Crippen LogP contribution is 2.05. The van der Waals surface area contributed by atoms with Crippen molar-refractivity contribution in [3.63, 3.8) is 0 Å². The zero-order valence-corrected chi connectivity index (χ0v) is 9.75. The van der Waals surface area contributed by atoms with Crippen LogP contribution in [-0.4, -0.2) is 32.9 Å². The minimum Gasteiger partial charge on any atom is -0.399 e. The molecular formula is C10H14N2O3S. The highest BCUT2D eigenvalue weighted by Gasteiger charge is 2.07.